The zero-order valence-corrected chi connectivity index (χ0v) is 18.3. The maximum atomic E-state index is 11.2. The number of fused-ring (bicyclic) bond motifs is 1. The molecule has 3 aromatic rings. The second-order valence-corrected chi connectivity index (χ2v) is 7.53. The number of hydrogen-bond acceptors (Lipinski definition) is 8. The van der Waals surface area contributed by atoms with Crippen molar-refractivity contribution in [2.75, 3.05) is 0 Å². The van der Waals surface area contributed by atoms with Crippen LogP contribution < -0.4 is 29.6 Å². The minimum atomic E-state index is -4.78. The predicted molar refractivity (Wildman–Crippen MR) is 97.3 cm³/mol. The van der Waals surface area contributed by atoms with Gasteiger partial charge in [0.05, 0.1) is 10.3 Å². The molecule has 0 heterocycles. The van der Waals surface area contributed by atoms with E-state index in [1.54, 1.807) is 6.92 Å². The van der Waals surface area contributed by atoms with E-state index in [0.29, 0.717) is 10.6 Å². The number of hydrogen-bond donors (Lipinski definition) is 3. The molecule has 0 aliphatic rings. The summed E-state index contributed by atoms with van der Waals surface area (Å²) in [5, 5.41) is 38.5. The fraction of sp³-hybridized carbons (Fsp3) is 0.0588. The number of halogens is 1. The molecule has 0 spiro atoms. The summed E-state index contributed by atoms with van der Waals surface area (Å²) in [5.74, 6) is -1.22. The first-order valence-electron chi connectivity index (χ1n) is 7.43. The molecule has 3 N–H and O–H groups in total. The third kappa shape index (κ3) is 4.40. The normalized spacial score (nSPS) is 11.7. The van der Waals surface area contributed by atoms with E-state index in [2.05, 4.69) is 10.2 Å². The number of aromatic hydroxyl groups is 3. The number of phenols is 3. The molecule has 8 nitrogen and oxygen atoms in total. The van der Waals surface area contributed by atoms with Crippen LogP contribution in [0, 0.1) is 6.92 Å². The van der Waals surface area contributed by atoms with Gasteiger partial charge in [0.15, 0.2) is 5.75 Å². The van der Waals surface area contributed by atoms with Gasteiger partial charge in [-0.05, 0) is 54.3 Å². The Morgan fingerprint density at radius 3 is 2.32 bits per heavy atom. The zero-order valence-electron chi connectivity index (χ0n) is 14.7. The van der Waals surface area contributed by atoms with Crippen LogP contribution in [0.15, 0.2) is 51.5 Å². The average Bonchev–Trinajstić information content (AvgIpc) is 2.56. The number of azo groups is 1. The standard InChI is InChI=1S/C17H13ClN2O6S.Na/c1-8-4-9-5-11(27(24,25)26)7-14(22)15(9)17(23)16(8)20-19-12-6-10(18)2-3-13(12)21;/h2-7,21-23H,1H3,(H,24,25,26);/q;+1/p-1. The summed E-state index contributed by atoms with van der Waals surface area (Å²) in [5.41, 5.74) is 0.457. The molecule has 3 rings (SSSR count). The van der Waals surface area contributed by atoms with Crippen LogP contribution >= 0.6 is 11.6 Å². The third-order valence-electron chi connectivity index (χ3n) is 3.81. The number of phenolic OH excluding ortho intramolecular Hbond substituents is 3. The van der Waals surface area contributed by atoms with Crippen molar-refractivity contribution in [1.82, 2.24) is 0 Å². The Morgan fingerprint density at radius 2 is 1.68 bits per heavy atom. The van der Waals surface area contributed by atoms with Crippen molar-refractivity contribution in [3.63, 3.8) is 0 Å². The van der Waals surface area contributed by atoms with Gasteiger partial charge in [0.2, 0.25) is 0 Å². The first-order valence-corrected chi connectivity index (χ1v) is 9.22. The van der Waals surface area contributed by atoms with E-state index in [-0.39, 0.29) is 57.5 Å². The van der Waals surface area contributed by atoms with Crippen LogP contribution in [0.4, 0.5) is 11.4 Å². The molecule has 0 aliphatic heterocycles. The Balaban J connectivity index is 0.00000280. The molecular formula is C17H12ClN2NaO6S. The fourth-order valence-corrected chi connectivity index (χ4v) is 3.25. The van der Waals surface area contributed by atoms with E-state index in [1.165, 1.54) is 24.3 Å². The van der Waals surface area contributed by atoms with Gasteiger partial charge < -0.3 is 19.9 Å². The molecule has 0 saturated heterocycles. The van der Waals surface area contributed by atoms with Gasteiger partial charge in [0, 0.05) is 5.02 Å². The predicted octanol–water partition coefficient (Wildman–Crippen LogP) is 1.24. The van der Waals surface area contributed by atoms with Crippen molar-refractivity contribution in [3.05, 3.63) is 47.0 Å². The molecule has 0 fully saturated rings. The van der Waals surface area contributed by atoms with Gasteiger partial charge in [-0.1, -0.05) is 11.6 Å². The Kier molecular flexibility index (Phi) is 6.59. The molecular weight excluding hydrogens is 419 g/mol. The van der Waals surface area contributed by atoms with Gasteiger partial charge in [-0.15, -0.1) is 10.2 Å². The largest absolute Gasteiger partial charge is 1.00 e. The van der Waals surface area contributed by atoms with Gasteiger partial charge >= 0.3 is 29.6 Å². The van der Waals surface area contributed by atoms with Crippen LogP contribution in [-0.2, 0) is 10.1 Å². The summed E-state index contributed by atoms with van der Waals surface area (Å²) < 4.78 is 33.6. The number of rotatable bonds is 3. The summed E-state index contributed by atoms with van der Waals surface area (Å²) >= 11 is 5.84. The van der Waals surface area contributed by atoms with Crippen molar-refractivity contribution in [3.8, 4) is 17.2 Å². The molecule has 0 amide bonds. The minimum absolute atomic E-state index is 0. The first-order chi connectivity index (χ1) is 12.6. The van der Waals surface area contributed by atoms with Crippen LogP contribution in [0.1, 0.15) is 5.56 Å². The molecule has 0 unspecified atom stereocenters. The molecule has 0 bridgehead atoms. The van der Waals surface area contributed by atoms with Crippen molar-refractivity contribution in [2.24, 2.45) is 10.2 Å². The van der Waals surface area contributed by atoms with E-state index >= 15 is 0 Å². The second-order valence-electron chi connectivity index (χ2n) is 5.72. The maximum absolute atomic E-state index is 11.2. The van der Waals surface area contributed by atoms with Crippen molar-refractivity contribution < 1.29 is 57.8 Å². The van der Waals surface area contributed by atoms with Gasteiger partial charge in [-0.25, -0.2) is 8.42 Å². The molecule has 11 heteroatoms. The quantitative estimate of drug-likeness (QED) is 0.324. The summed E-state index contributed by atoms with van der Waals surface area (Å²) in [4.78, 5) is -0.621. The van der Waals surface area contributed by atoms with E-state index in [0.717, 1.165) is 12.1 Å². The number of benzene rings is 3. The fourth-order valence-electron chi connectivity index (χ4n) is 2.55. The van der Waals surface area contributed by atoms with Crippen molar-refractivity contribution in [1.29, 1.82) is 0 Å². The van der Waals surface area contributed by atoms with Crippen molar-refractivity contribution >= 4 is 43.9 Å². The van der Waals surface area contributed by atoms with E-state index in [4.69, 9.17) is 11.6 Å². The Bertz CT molecular complexity index is 1210. The van der Waals surface area contributed by atoms with Crippen molar-refractivity contribution in [2.45, 2.75) is 11.8 Å². The molecule has 0 aromatic heterocycles. The summed E-state index contributed by atoms with van der Waals surface area (Å²) in [6.07, 6.45) is 0. The average molecular weight is 431 g/mol. The molecule has 0 aliphatic carbocycles. The Hall–Kier alpha value is -1.88. The van der Waals surface area contributed by atoms with Crippen LogP contribution in [0.25, 0.3) is 10.8 Å². The second kappa shape index (κ2) is 8.24. The smallest absolute Gasteiger partial charge is 0.744 e. The maximum Gasteiger partial charge on any atom is 1.00 e. The topological polar surface area (TPSA) is 143 Å². The number of aryl methyl sites for hydroxylation is 1. The molecule has 0 atom stereocenters. The molecule has 0 saturated carbocycles. The van der Waals surface area contributed by atoms with E-state index < -0.39 is 26.5 Å². The van der Waals surface area contributed by atoms with Gasteiger partial charge in [0.1, 0.15) is 33.0 Å². The zero-order chi connectivity index (χ0) is 19.9. The summed E-state index contributed by atoms with van der Waals surface area (Å²) in [6.45, 7) is 1.57. The van der Waals surface area contributed by atoms with E-state index in [1.807, 2.05) is 0 Å². The summed E-state index contributed by atoms with van der Waals surface area (Å²) in [7, 11) is -4.78. The van der Waals surface area contributed by atoms with Crippen LogP contribution in [0.5, 0.6) is 17.2 Å². The van der Waals surface area contributed by atoms with Gasteiger partial charge in [0.25, 0.3) is 0 Å². The SMILES string of the molecule is Cc1cc2cc(S(=O)(=O)[O-])cc(O)c2c(O)c1N=Nc1cc(Cl)ccc1O.[Na+]. The molecule has 28 heavy (non-hydrogen) atoms. The molecule has 3 aromatic carbocycles. The van der Waals surface area contributed by atoms with Crippen LogP contribution in [-0.4, -0.2) is 28.3 Å². The number of nitrogens with zero attached hydrogens (tertiary/aromatic N) is 2. The molecule has 140 valence electrons. The van der Waals surface area contributed by atoms with Crippen LogP contribution in [0.3, 0.4) is 0 Å². The summed E-state index contributed by atoms with van der Waals surface area (Å²) in [6, 6.07) is 7.42. The third-order valence-corrected chi connectivity index (χ3v) is 4.86. The monoisotopic (exact) mass is 430 g/mol. The minimum Gasteiger partial charge on any atom is -0.744 e. The first kappa shape index (κ1) is 22.4. The Morgan fingerprint density at radius 1 is 1.00 bits per heavy atom. The van der Waals surface area contributed by atoms with Gasteiger partial charge in [-0.2, -0.15) is 0 Å². The Labute approximate surface area is 187 Å². The van der Waals surface area contributed by atoms with Crippen LogP contribution in [0.2, 0.25) is 5.02 Å². The van der Waals surface area contributed by atoms with Gasteiger partial charge in [-0.3, -0.25) is 0 Å². The van der Waals surface area contributed by atoms with E-state index in [9.17, 15) is 28.3 Å². The molecule has 0 radical (unpaired) electrons.